The second-order valence-corrected chi connectivity index (χ2v) is 10.4. The van der Waals surface area contributed by atoms with Gasteiger partial charge in [-0.25, -0.2) is 4.79 Å². The fraction of sp³-hybridized carbons (Fsp3) is 0.593. The predicted molar refractivity (Wildman–Crippen MR) is 149 cm³/mol. The van der Waals surface area contributed by atoms with Gasteiger partial charge in [-0.05, 0) is 56.9 Å². The summed E-state index contributed by atoms with van der Waals surface area (Å²) in [6, 6.07) is 12.1. The molecule has 0 spiro atoms. The van der Waals surface area contributed by atoms with E-state index in [0.717, 1.165) is 45.4 Å². The first-order valence-electron chi connectivity index (χ1n) is 13.4. The highest BCUT2D eigenvalue weighted by molar-refractivity contribution is 8.00. The van der Waals surface area contributed by atoms with E-state index in [-0.39, 0.29) is 23.8 Å². The van der Waals surface area contributed by atoms with Gasteiger partial charge in [0.05, 0.1) is 6.61 Å². The summed E-state index contributed by atoms with van der Waals surface area (Å²) >= 11 is 1.45. The summed E-state index contributed by atoms with van der Waals surface area (Å²) < 4.78 is 6.97. The minimum atomic E-state index is -0.479. The first-order valence-corrected chi connectivity index (χ1v) is 14.4. The maximum Gasteiger partial charge on any atom is 0.351 e. The van der Waals surface area contributed by atoms with E-state index >= 15 is 0 Å². The number of nitrogens with zero attached hydrogens (tertiary/aromatic N) is 2. The average molecular weight is 532 g/mol. The number of thioether (sulfide) groups is 1. The minimum absolute atomic E-state index is 0.0954. The Morgan fingerprint density at radius 2 is 1.70 bits per heavy atom. The van der Waals surface area contributed by atoms with E-state index in [1.54, 1.807) is 12.3 Å². The number of hydrogen-bond acceptors (Lipinski definition) is 8. The summed E-state index contributed by atoms with van der Waals surface area (Å²) in [6.07, 6.45) is 9.25. The van der Waals surface area contributed by atoms with Crippen LogP contribution in [0.2, 0.25) is 0 Å². The van der Waals surface area contributed by atoms with Crippen LogP contribution >= 0.6 is 11.8 Å². The van der Waals surface area contributed by atoms with Crippen LogP contribution in [0, 0.1) is 0 Å². The van der Waals surface area contributed by atoms with Crippen molar-refractivity contribution in [2.24, 2.45) is 0 Å². The molecule has 1 aliphatic heterocycles. The monoisotopic (exact) mass is 531 g/mol. The van der Waals surface area contributed by atoms with Crippen LogP contribution in [0.5, 0.6) is 0 Å². The number of aliphatic hydroxyl groups excluding tert-OH is 1. The zero-order chi connectivity index (χ0) is 26.1. The van der Waals surface area contributed by atoms with Gasteiger partial charge in [0.1, 0.15) is 17.5 Å². The normalized spacial score (nSPS) is 17.2. The van der Waals surface area contributed by atoms with Crippen molar-refractivity contribution in [3.63, 3.8) is 0 Å². The van der Waals surface area contributed by atoms with Gasteiger partial charge >= 0.3 is 5.69 Å². The maximum absolute atomic E-state index is 12.3. The van der Waals surface area contributed by atoms with Gasteiger partial charge < -0.3 is 25.8 Å². The molecule has 9 nitrogen and oxygen atoms in total. The van der Waals surface area contributed by atoms with Crippen LogP contribution in [0.15, 0.2) is 47.4 Å². The van der Waals surface area contributed by atoms with Gasteiger partial charge in [0.25, 0.3) is 0 Å². The van der Waals surface area contributed by atoms with Crippen LogP contribution in [0.25, 0.3) is 0 Å². The van der Waals surface area contributed by atoms with Gasteiger partial charge in [0, 0.05) is 24.9 Å². The molecule has 37 heavy (non-hydrogen) atoms. The molecule has 4 N–H and O–H groups in total. The Morgan fingerprint density at radius 1 is 1.00 bits per heavy atom. The third-order valence-corrected chi connectivity index (χ3v) is 7.29. The molecular formula is C27H41N5O4S. The molecule has 2 aromatic rings. The van der Waals surface area contributed by atoms with Crippen LogP contribution in [0.1, 0.15) is 63.2 Å². The van der Waals surface area contributed by atoms with E-state index < -0.39 is 11.9 Å². The van der Waals surface area contributed by atoms with E-state index in [0.29, 0.717) is 12.2 Å². The zero-order valence-corrected chi connectivity index (χ0v) is 22.4. The lowest BCUT2D eigenvalue weighted by molar-refractivity contribution is -0.116. The molecule has 1 aliphatic rings. The van der Waals surface area contributed by atoms with Crippen molar-refractivity contribution in [1.29, 1.82) is 0 Å². The van der Waals surface area contributed by atoms with Gasteiger partial charge in [-0.3, -0.25) is 9.36 Å². The lowest BCUT2D eigenvalue weighted by atomic mass is 10.1. The highest BCUT2D eigenvalue weighted by atomic mass is 32.2. The molecular weight excluding hydrogens is 490 g/mol. The van der Waals surface area contributed by atoms with Crippen molar-refractivity contribution in [3.8, 4) is 0 Å². The Bertz CT molecular complexity index is 975. The zero-order valence-electron chi connectivity index (χ0n) is 21.6. The van der Waals surface area contributed by atoms with Gasteiger partial charge in [-0.2, -0.15) is 4.98 Å². The van der Waals surface area contributed by atoms with Crippen molar-refractivity contribution in [2.45, 2.75) is 69.6 Å². The number of rotatable bonds is 18. The number of unbranched alkanes of at least 4 members (excludes halogenated alkanes) is 5. The molecule has 10 heteroatoms. The largest absolute Gasteiger partial charge is 0.393 e. The summed E-state index contributed by atoms with van der Waals surface area (Å²) in [6.45, 7) is 3.92. The number of nitrogens with one attached hydrogen (secondary N) is 3. The smallest absolute Gasteiger partial charge is 0.351 e. The summed E-state index contributed by atoms with van der Waals surface area (Å²) in [7, 11) is 0. The number of anilines is 1. The molecule has 0 saturated carbocycles. The molecule has 1 aromatic heterocycles. The van der Waals surface area contributed by atoms with Crippen LogP contribution in [0.3, 0.4) is 0 Å². The van der Waals surface area contributed by atoms with Gasteiger partial charge in [0.2, 0.25) is 5.91 Å². The highest BCUT2D eigenvalue weighted by Crippen LogP contribution is 2.30. The third kappa shape index (κ3) is 11.4. The Morgan fingerprint density at radius 3 is 2.38 bits per heavy atom. The molecule has 1 aromatic carbocycles. The first-order chi connectivity index (χ1) is 18.2. The number of benzene rings is 1. The van der Waals surface area contributed by atoms with Crippen molar-refractivity contribution in [3.05, 3.63) is 58.6 Å². The van der Waals surface area contributed by atoms with Crippen LogP contribution < -0.4 is 21.6 Å². The summed E-state index contributed by atoms with van der Waals surface area (Å²) in [5, 5.41) is 18.8. The number of aliphatic hydroxyl groups is 1. The average Bonchev–Trinajstić information content (AvgIpc) is 3.38. The molecule has 0 radical (unpaired) electrons. The summed E-state index contributed by atoms with van der Waals surface area (Å²) in [5.74, 6) is 0.689. The quantitative estimate of drug-likeness (QED) is 0.217. The molecule has 1 saturated heterocycles. The molecule has 0 unspecified atom stereocenters. The van der Waals surface area contributed by atoms with E-state index in [1.165, 1.54) is 47.6 Å². The Hall–Kier alpha value is -2.24. The summed E-state index contributed by atoms with van der Waals surface area (Å²) in [5.41, 5.74) is 0.530. The molecule has 2 atom stereocenters. The third-order valence-electron chi connectivity index (χ3n) is 6.18. The van der Waals surface area contributed by atoms with Crippen LogP contribution in [-0.2, 0) is 16.1 Å². The molecule has 1 amide bonds. The van der Waals surface area contributed by atoms with Crippen molar-refractivity contribution < 1.29 is 14.6 Å². The fourth-order valence-electron chi connectivity index (χ4n) is 4.11. The van der Waals surface area contributed by atoms with E-state index in [2.05, 4.69) is 45.2 Å². The van der Waals surface area contributed by atoms with E-state index in [1.807, 2.05) is 6.07 Å². The number of hydrogen-bond donors (Lipinski definition) is 4. The van der Waals surface area contributed by atoms with Crippen molar-refractivity contribution >= 4 is 23.5 Å². The van der Waals surface area contributed by atoms with Crippen LogP contribution in [0.4, 0.5) is 5.82 Å². The number of carbonyl (C=O) groups excluding carboxylic acids is 1. The van der Waals surface area contributed by atoms with Gasteiger partial charge in [0.15, 0.2) is 0 Å². The van der Waals surface area contributed by atoms with Crippen LogP contribution in [-0.4, -0.2) is 58.0 Å². The standard InChI is InChI=1S/C27H41N5O4S/c33-20-26-36-25(21-37-26)32-18-14-23(31-27(32)35)30-24(34)13-7-4-10-16-28-15-8-1-2-9-17-29-19-22-11-5-3-6-12-22/h3,5-6,11-12,14,18,25-26,28-29,33H,1-2,4,7-10,13,15-17,19-21H2,(H,30,31,34,35)/t25-,26+/m1/s1. The summed E-state index contributed by atoms with van der Waals surface area (Å²) in [4.78, 5) is 28.4. The molecule has 204 valence electrons. The number of carbonyl (C=O) groups is 1. The lowest BCUT2D eigenvalue weighted by Gasteiger charge is -2.14. The first kappa shape index (κ1) is 29.3. The Kier molecular flexibility index (Phi) is 13.7. The predicted octanol–water partition coefficient (Wildman–Crippen LogP) is 3.26. The Labute approximate surface area is 223 Å². The Balaban J connectivity index is 1.13. The van der Waals surface area contributed by atoms with E-state index in [4.69, 9.17) is 9.84 Å². The second kappa shape index (κ2) is 17.3. The number of ether oxygens (including phenoxy) is 1. The SMILES string of the molecule is O=C(CCCCCNCCCCCCNCc1ccccc1)Nc1ccn([C@H]2CS[C@@H](CO)O2)c(=O)n1. The highest BCUT2D eigenvalue weighted by Gasteiger charge is 2.27. The fourth-order valence-corrected chi connectivity index (χ4v) is 5.04. The molecule has 1 fully saturated rings. The van der Waals surface area contributed by atoms with Crippen molar-refractivity contribution in [1.82, 2.24) is 20.2 Å². The van der Waals surface area contributed by atoms with E-state index in [9.17, 15) is 9.59 Å². The number of amides is 1. The topological polar surface area (TPSA) is 118 Å². The lowest BCUT2D eigenvalue weighted by Crippen LogP contribution is -2.29. The van der Waals surface area contributed by atoms with Gasteiger partial charge in [-0.15, -0.1) is 11.8 Å². The molecule has 2 heterocycles. The molecule has 0 bridgehead atoms. The maximum atomic E-state index is 12.3. The molecule has 3 rings (SSSR count). The van der Waals surface area contributed by atoms with Gasteiger partial charge in [-0.1, -0.05) is 49.6 Å². The van der Waals surface area contributed by atoms with Crippen molar-refractivity contribution in [2.75, 3.05) is 37.3 Å². The molecule has 0 aliphatic carbocycles. The number of aromatic nitrogens is 2. The second-order valence-electron chi connectivity index (χ2n) is 9.22. The minimum Gasteiger partial charge on any atom is -0.393 e.